The van der Waals surface area contributed by atoms with Crippen LogP contribution >= 0.6 is 24.0 Å². The lowest BCUT2D eigenvalue weighted by Gasteiger charge is -2.12. The van der Waals surface area contributed by atoms with Gasteiger partial charge in [-0.05, 0) is 30.5 Å². The first-order chi connectivity index (χ1) is 13.2. The molecule has 28 heavy (non-hydrogen) atoms. The second-order valence-electron chi connectivity index (χ2n) is 5.97. The van der Waals surface area contributed by atoms with E-state index >= 15 is 0 Å². The van der Waals surface area contributed by atoms with Gasteiger partial charge in [-0.15, -0.1) is 24.0 Å². The molecule has 0 saturated heterocycles. The van der Waals surface area contributed by atoms with E-state index in [-0.39, 0.29) is 29.7 Å². The minimum atomic E-state index is 0. The van der Waals surface area contributed by atoms with Crippen LogP contribution in [0.15, 0.2) is 53.5 Å². The van der Waals surface area contributed by atoms with Crippen molar-refractivity contribution in [3.8, 4) is 11.5 Å². The molecule has 0 bridgehead atoms. The zero-order chi connectivity index (χ0) is 19.3. The van der Waals surface area contributed by atoms with Crippen LogP contribution < -0.4 is 15.4 Å². The van der Waals surface area contributed by atoms with Crippen molar-refractivity contribution in [2.75, 3.05) is 33.4 Å². The van der Waals surface area contributed by atoms with Crippen molar-refractivity contribution in [2.24, 2.45) is 4.99 Å². The molecule has 0 saturated carbocycles. The number of phenolic OH excluding ortho intramolecular Hbond substituents is 1. The Balaban J connectivity index is 0.00000392. The number of methoxy groups -OCH3 is 1. The Morgan fingerprint density at radius 2 is 1.89 bits per heavy atom. The summed E-state index contributed by atoms with van der Waals surface area (Å²) in [5, 5.41) is 16.5. The van der Waals surface area contributed by atoms with Crippen LogP contribution in [-0.4, -0.2) is 44.4 Å². The van der Waals surface area contributed by atoms with Gasteiger partial charge in [0.2, 0.25) is 0 Å². The number of nitrogens with zero attached hydrogens (tertiary/aromatic N) is 1. The van der Waals surface area contributed by atoms with Crippen molar-refractivity contribution in [1.29, 1.82) is 0 Å². The molecule has 2 aromatic rings. The Bertz CT molecular complexity index is 711. The number of hydrogen-bond acceptors (Lipinski definition) is 4. The van der Waals surface area contributed by atoms with Gasteiger partial charge < -0.3 is 25.2 Å². The molecule has 0 aliphatic rings. The van der Waals surface area contributed by atoms with Crippen LogP contribution in [0.4, 0.5) is 0 Å². The predicted molar refractivity (Wildman–Crippen MR) is 124 cm³/mol. The standard InChI is InChI=1S/C21H29N3O3.HI/c1-3-22-21(24-13-14-27-16-17-7-5-4-6-8-17)23-12-11-18-9-10-19(26-2)15-20(18)25;/h4-10,15,25H,3,11-14,16H2,1-2H3,(H2,22,23,24);1H. The maximum atomic E-state index is 10.0. The van der Waals surface area contributed by atoms with Crippen molar-refractivity contribution in [3.63, 3.8) is 0 Å². The highest BCUT2D eigenvalue weighted by atomic mass is 127. The molecule has 2 aromatic carbocycles. The zero-order valence-corrected chi connectivity index (χ0v) is 18.8. The summed E-state index contributed by atoms with van der Waals surface area (Å²) in [6.45, 7) is 5.21. The van der Waals surface area contributed by atoms with Gasteiger partial charge in [0.05, 0.1) is 26.9 Å². The molecule has 0 atom stereocenters. The molecule has 0 aromatic heterocycles. The lowest BCUT2D eigenvalue weighted by atomic mass is 10.1. The number of aliphatic imine (C=N–C) groups is 1. The highest BCUT2D eigenvalue weighted by Gasteiger charge is 2.04. The molecule has 154 valence electrons. The summed E-state index contributed by atoms with van der Waals surface area (Å²) in [6, 6.07) is 15.4. The van der Waals surface area contributed by atoms with E-state index in [4.69, 9.17) is 9.47 Å². The van der Waals surface area contributed by atoms with Crippen LogP contribution in [0, 0.1) is 0 Å². The van der Waals surface area contributed by atoms with E-state index in [0.717, 1.165) is 23.6 Å². The number of ether oxygens (including phenoxy) is 2. The van der Waals surface area contributed by atoms with Crippen LogP contribution in [0.1, 0.15) is 18.1 Å². The normalized spacial score (nSPS) is 10.9. The molecule has 0 spiro atoms. The quantitative estimate of drug-likeness (QED) is 0.203. The largest absolute Gasteiger partial charge is 0.508 e. The lowest BCUT2D eigenvalue weighted by molar-refractivity contribution is 0.128. The Labute approximate surface area is 184 Å². The topological polar surface area (TPSA) is 75.1 Å². The number of nitrogens with one attached hydrogen (secondary N) is 2. The Morgan fingerprint density at radius 1 is 1.11 bits per heavy atom. The highest BCUT2D eigenvalue weighted by Crippen LogP contribution is 2.23. The Hall–Kier alpha value is -2.00. The van der Waals surface area contributed by atoms with Crippen LogP contribution in [0.25, 0.3) is 0 Å². The molecule has 0 amide bonds. The van der Waals surface area contributed by atoms with Gasteiger partial charge in [0.15, 0.2) is 5.96 Å². The number of benzene rings is 2. The first-order valence-corrected chi connectivity index (χ1v) is 9.22. The van der Waals surface area contributed by atoms with Gasteiger partial charge in [-0.3, -0.25) is 4.99 Å². The van der Waals surface area contributed by atoms with Gasteiger partial charge in [-0.2, -0.15) is 0 Å². The van der Waals surface area contributed by atoms with Gasteiger partial charge in [-0.1, -0.05) is 36.4 Å². The monoisotopic (exact) mass is 499 g/mol. The van der Waals surface area contributed by atoms with Gasteiger partial charge >= 0.3 is 0 Å². The second kappa shape index (κ2) is 14.1. The van der Waals surface area contributed by atoms with Gasteiger partial charge in [0.1, 0.15) is 11.5 Å². The van der Waals surface area contributed by atoms with E-state index in [9.17, 15) is 5.11 Å². The van der Waals surface area contributed by atoms with E-state index in [1.54, 1.807) is 13.2 Å². The summed E-state index contributed by atoms with van der Waals surface area (Å²) >= 11 is 0. The minimum Gasteiger partial charge on any atom is -0.508 e. The van der Waals surface area contributed by atoms with Crippen LogP contribution in [0.3, 0.4) is 0 Å². The summed E-state index contributed by atoms with van der Waals surface area (Å²) in [5.74, 6) is 1.64. The van der Waals surface area contributed by atoms with Gasteiger partial charge in [-0.25, -0.2) is 0 Å². The average molecular weight is 499 g/mol. The van der Waals surface area contributed by atoms with Crippen LogP contribution in [-0.2, 0) is 17.8 Å². The van der Waals surface area contributed by atoms with Gasteiger partial charge in [0, 0.05) is 19.2 Å². The molecule has 0 heterocycles. The number of halogens is 1. The fourth-order valence-corrected chi connectivity index (χ4v) is 2.53. The summed E-state index contributed by atoms with van der Waals surface area (Å²) in [4.78, 5) is 4.51. The SMILES string of the molecule is CCNC(=NCCOCc1ccccc1)NCCc1ccc(OC)cc1O.I. The average Bonchev–Trinajstić information content (AvgIpc) is 2.69. The fourth-order valence-electron chi connectivity index (χ4n) is 2.53. The summed E-state index contributed by atoms with van der Waals surface area (Å²) < 4.78 is 10.8. The molecular formula is C21H30IN3O3. The van der Waals surface area contributed by atoms with Gasteiger partial charge in [0.25, 0.3) is 0 Å². The molecule has 2 rings (SSSR count). The smallest absolute Gasteiger partial charge is 0.191 e. The molecule has 6 nitrogen and oxygen atoms in total. The lowest BCUT2D eigenvalue weighted by Crippen LogP contribution is -2.38. The van der Waals surface area contributed by atoms with Crippen molar-refractivity contribution in [3.05, 3.63) is 59.7 Å². The number of hydrogen-bond donors (Lipinski definition) is 3. The van der Waals surface area contributed by atoms with E-state index in [0.29, 0.717) is 38.5 Å². The molecule has 0 fully saturated rings. The molecular weight excluding hydrogens is 469 g/mol. The summed E-state index contributed by atoms with van der Waals surface area (Å²) in [5.41, 5.74) is 2.02. The second-order valence-corrected chi connectivity index (χ2v) is 5.97. The Kier molecular flexibility index (Phi) is 12.1. The van der Waals surface area contributed by atoms with Crippen molar-refractivity contribution in [1.82, 2.24) is 10.6 Å². The molecule has 0 aliphatic heterocycles. The molecule has 0 unspecified atom stereocenters. The molecule has 7 heteroatoms. The minimum absolute atomic E-state index is 0. The van der Waals surface area contributed by atoms with Crippen LogP contribution in [0.5, 0.6) is 11.5 Å². The number of rotatable bonds is 10. The fraction of sp³-hybridized carbons (Fsp3) is 0.381. The molecule has 0 aliphatic carbocycles. The Morgan fingerprint density at radius 3 is 2.57 bits per heavy atom. The maximum absolute atomic E-state index is 10.0. The summed E-state index contributed by atoms with van der Waals surface area (Å²) in [6.07, 6.45) is 0.685. The van der Waals surface area contributed by atoms with E-state index in [1.165, 1.54) is 0 Å². The highest BCUT2D eigenvalue weighted by molar-refractivity contribution is 14.0. The van der Waals surface area contributed by atoms with Crippen molar-refractivity contribution in [2.45, 2.75) is 20.0 Å². The molecule has 3 N–H and O–H groups in total. The maximum Gasteiger partial charge on any atom is 0.191 e. The first kappa shape index (κ1) is 24.0. The first-order valence-electron chi connectivity index (χ1n) is 9.22. The third kappa shape index (κ3) is 8.79. The van der Waals surface area contributed by atoms with E-state index in [2.05, 4.69) is 15.6 Å². The zero-order valence-electron chi connectivity index (χ0n) is 16.5. The third-order valence-corrected chi connectivity index (χ3v) is 3.94. The summed E-state index contributed by atoms with van der Waals surface area (Å²) in [7, 11) is 1.58. The third-order valence-electron chi connectivity index (χ3n) is 3.94. The number of guanidine groups is 1. The van der Waals surface area contributed by atoms with Crippen molar-refractivity contribution >= 4 is 29.9 Å². The van der Waals surface area contributed by atoms with E-state index < -0.39 is 0 Å². The van der Waals surface area contributed by atoms with Crippen LogP contribution in [0.2, 0.25) is 0 Å². The van der Waals surface area contributed by atoms with E-state index in [1.807, 2.05) is 49.4 Å². The predicted octanol–water partition coefficient (Wildman–Crippen LogP) is 3.33. The number of phenols is 1. The number of aromatic hydroxyl groups is 1. The molecule has 0 radical (unpaired) electrons. The van der Waals surface area contributed by atoms with Crippen molar-refractivity contribution < 1.29 is 14.6 Å².